The van der Waals surface area contributed by atoms with Gasteiger partial charge >= 0.3 is 0 Å². The monoisotopic (exact) mass is 431 g/mol. The van der Waals surface area contributed by atoms with Gasteiger partial charge in [0.25, 0.3) is 5.91 Å². The number of pyridine rings is 1. The maximum atomic E-state index is 13.6. The van der Waals surface area contributed by atoms with Gasteiger partial charge in [0.15, 0.2) is 0 Å². The summed E-state index contributed by atoms with van der Waals surface area (Å²) in [6, 6.07) is 15.5. The van der Waals surface area contributed by atoms with Gasteiger partial charge in [-0.25, -0.2) is 4.98 Å². The number of halogens is 1. The molecular weight excluding hydrogens is 410 g/mol. The average molecular weight is 432 g/mol. The van der Waals surface area contributed by atoms with Crippen molar-refractivity contribution in [3.8, 4) is 0 Å². The standard InChI is InChI=1S/C25H22ClN3O2/c26-18-10-8-16(9-11-18)14-17-4-3-6-20-23(25(31)29-13-12-27-22(30)15-29)19-5-1-2-7-21(19)28-24(17)20/h1-2,5,7-11,14H,3-4,6,12-13,15H2,(H,27,30). The van der Waals surface area contributed by atoms with E-state index >= 15 is 0 Å². The minimum absolute atomic E-state index is 0.0857. The molecule has 0 unspecified atom stereocenters. The molecule has 0 saturated carbocycles. The molecule has 1 N–H and O–H groups in total. The van der Waals surface area contributed by atoms with Crippen molar-refractivity contribution in [3.05, 3.63) is 75.9 Å². The number of benzene rings is 2. The first kappa shape index (κ1) is 19.8. The molecule has 0 spiro atoms. The van der Waals surface area contributed by atoms with Gasteiger partial charge in [0.05, 0.1) is 23.3 Å². The van der Waals surface area contributed by atoms with Crippen LogP contribution in [0.2, 0.25) is 5.02 Å². The lowest BCUT2D eigenvalue weighted by atomic mass is 9.85. The number of hydrogen-bond acceptors (Lipinski definition) is 3. The molecule has 156 valence electrons. The summed E-state index contributed by atoms with van der Waals surface area (Å²) in [6.45, 7) is 1.10. The van der Waals surface area contributed by atoms with Gasteiger partial charge < -0.3 is 10.2 Å². The summed E-state index contributed by atoms with van der Waals surface area (Å²) in [7, 11) is 0. The number of piperazine rings is 1. The van der Waals surface area contributed by atoms with Gasteiger partial charge in [-0.05, 0) is 60.2 Å². The molecule has 0 bridgehead atoms. The molecule has 2 amide bonds. The normalized spacial score (nSPS) is 17.5. The molecule has 1 aliphatic carbocycles. The molecule has 31 heavy (non-hydrogen) atoms. The van der Waals surface area contributed by atoms with Crippen LogP contribution < -0.4 is 5.32 Å². The van der Waals surface area contributed by atoms with Crippen LogP contribution in [0, 0.1) is 0 Å². The molecule has 6 heteroatoms. The highest BCUT2D eigenvalue weighted by Crippen LogP contribution is 2.36. The third-order valence-electron chi connectivity index (χ3n) is 5.92. The van der Waals surface area contributed by atoms with Gasteiger partial charge in [0.1, 0.15) is 0 Å². The molecule has 2 heterocycles. The maximum absolute atomic E-state index is 13.6. The van der Waals surface area contributed by atoms with Crippen LogP contribution in [0.25, 0.3) is 22.6 Å². The van der Waals surface area contributed by atoms with Crippen LogP contribution in [0.5, 0.6) is 0 Å². The lowest BCUT2D eigenvalue weighted by molar-refractivity contribution is -0.123. The van der Waals surface area contributed by atoms with Crippen molar-refractivity contribution in [3.63, 3.8) is 0 Å². The summed E-state index contributed by atoms with van der Waals surface area (Å²) in [5.41, 5.74) is 5.56. The number of hydrogen-bond donors (Lipinski definition) is 1. The van der Waals surface area contributed by atoms with Crippen molar-refractivity contribution in [2.75, 3.05) is 19.6 Å². The third-order valence-corrected chi connectivity index (χ3v) is 6.17. The fourth-order valence-corrected chi connectivity index (χ4v) is 4.58. The molecule has 5 rings (SSSR count). The number of fused-ring (bicyclic) bond motifs is 2. The zero-order valence-electron chi connectivity index (χ0n) is 17.0. The van der Waals surface area contributed by atoms with Gasteiger partial charge in [-0.2, -0.15) is 0 Å². The Labute approximate surface area is 185 Å². The van der Waals surface area contributed by atoms with Crippen molar-refractivity contribution in [1.82, 2.24) is 15.2 Å². The lowest BCUT2D eigenvalue weighted by Crippen LogP contribution is -2.50. The second-order valence-electron chi connectivity index (χ2n) is 7.98. The maximum Gasteiger partial charge on any atom is 0.255 e. The summed E-state index contributed by atoms with van der Waals surface area (Å²) in [6.07, 6.45) is 4.79. The van der Waals surface area contributed by atoms with E-state index in [9.17, 15) is 9.59 Å². The van der Waals surface area contributed by atoms with Gasteiger partial charge in [0, 0.05) is 23.5 Å². The Bertz CT molecular complexity index is 1220. The largest absolute Gasteiger partial charge is 0.353 e. The molecule has 2 aromatic carbocycles. The number of amides is 2. The molecule has 1 aliphatic heterocycles. The Hall–Kier alpha value is -3.18. The molecular formula is C25H22ClN3O2. The quantitative estimate of drug-likeness (QED) is 0.656. The van der Waals surface area contributed by atoms with Gasteiger partial charge in [-0.1, -0.05) is 41.9 Å². The smallest absolute Gasteiger partial charge is 0.255 e. The van der Waals surface area contributed by atoms with Crippen LogP contribution in [-0.4, -0.2) is 41.3 Å². The number of nitrogens with one attached hydrogen (secondary N) is 1. The van der Waals surface area contributed by atoms with E-state index < -0.39 is 0 Å². The van der Waals surface area contributed by atoms with Crippen molar-refractivity contribution in [2.45, 2.75) is 19.3 Å². The number of nitrogens with zero attached hydrogens (tertiary/aromatic N) is 2. The average Bonchev–Trinajstić information content (AvgIpc) is 2.79. The van der Waals surface area contributed by atoms with Crippen LogP contribution in [0.3, 0.4) is 0 Å². The number of para-hydroxylation sites is 1. The van der Waals surface area contributed by atoms with Crippen molar-refractivity contribution < 1.29 is 9.59 Å². The Morgan fingerprint density at radius 1 is 1.10 bits per heavy atom. The molecule has 3 aromatic rings. The minimum atomic E-state index is -0.116. The van der Waals surface area contributed by atoms with Crippen LogP contribution in [0.15, 0.2) is 48.5 Å². The first-order chi connectivity index (χ1) is 15.1. The topological polar surface area (TPSA) is 62.3 Å². The number of carbonyl (C=O) groups is 2. The Balaban J connectivity index is 1.66. The van der Waals surface area contributed by atoms with Gasteiger partial charge in [-0.3, -0.25) is 9.59 Å². The van der Waals surface area contributed by atoms with E-state index in [1.807, 2.05) is 48.5 Å². The molecule has 2 aliphatic rings. The Morgan fingerprint density at radius 2 is 1.90 bits per heavy atom. The summed E-state index contributed by atoms with van der Waals surface area (Å²) < 4.78 is 0. The van der Waals surface area contributed by atoms with Crippen molar-refractivity contribution >= 4 is 46.0 Å². The van der Waals surface area contributed by atoms with Gasteiger partial charge in [-0.15, -0.1) is 0 Å². The van der Waals surface area contributed by atoms with Crippen LogP contribution in [0.1, 0.15) is 40.0 Å². The summed E-state index contributed by atoms with van der Waals surface area (Å²) in [5, 5.41) is 4.35. The molecule has 1 fully saturated rings. The second-order valence-corrected chi connectivity index (χ2v) is 8.42. The molecule has 1 aromatic heterocycles. The minimum Gasteiger partial charge on any atom is -0.353 e. The van der Waals surface area contributed by atoms with E-state index in [1.165, 1.54) is 0 Å². The van der Waals surface area contributed by atoms with Crippen molar-refractivity contribution in [1.29, 1.82) is 0 Å². The van der Waals surface area contributed by atoms with E-state index in [4.69, 9.17) is 16.6 Å². The Morgan fingerprint density at radius 3 is 2.71 bits per heavy atom. The van der Waals surface area contributed by atoms with Crippen molar-refractivity contribution in [2.24, 2.45) is 0 Å². The zero-order valence-corrected chi connectivity index (χ0v) is 17.8. The van der Waals surface area contributed by atoms with Gasteiger partial charge in [0.2, 0.25) is 5.91 Å². The molecule has 0 atom stereocenters. The van der Waals surface area contributed by atoms with E-state index in [1.54, 1.807) is 4.90 Å². The number of allylic oxidation sites excluding steroid dienone is 1. The molecule has 0 radical (unpaired) electrons. The predicted octanol–water partition coefficient (Wildman–Crippen LogP) is 4.34. The summed E-state index contributed by atoms with van der Waals surface area (Å²) >= 11 is 6.04. The fourth-order valence-electron chi connectivity index (χ4n) is 4.45. The van der Waals surface area contributed by atoms with E-state index in [0.29, 0.717) is 23.7 Å². The summed E-state index contributed by atoms with van der Waals surface area (Å²) in [5.74, 6) is -0.201. The molecule has 5 nitrogen and oxygen atoms in total. The first-order valence-electron chi connectivity index (χ1n) is 10.5. The fraction of sp³-hybridized carbons (Fsp3) is 0.240. The Kier molecular flexibility index (Phi) is 5.20. The number of aromatic nitrogens is 1. The number of rotatable bonds is 2. The highest BCUT2D eigenvalue weighted by atomic mass is 35.5. The highest BCUT2D eigenvalue weighted by Gasteiger charge is 2.29. The van der Waals surface area contributed by atoms with E-state index in [2.05, 4.69) is 11.4 Å². The third kappa shape index (κ3) is 3.81. The number of carbonyl (C=O) groups excluding carboxylic acids is 2. The molecule has 1 saturated heterocycles. The van der Waals surface area contributed by atoms with Crippen LogP contribution in [0.4, 0.5) is 0 Å². The van der Waals surface area contributed by atoms with Crippen LogP contribution in [-0.2, 0) is 11.2 Å². The van der Waals surface area contributed by atoms with Crippen LogP contribution >= 0.6 is 11.6 Å². The summed E-state index contributed by atoms with van der Waals surface area (Å²) in [4.78, 5) is 32.1. The SMILES string of the molecule is O=C1CN(C(=O)c2c3c(nc4ccccc24)C(=Cc2ccc(Cl)cc2)CCC3)CCN1. The van der Waals surface area contributed by atoms with E-state index in [-0.39, 0.29) is 18.4 Å². The lowest BCUT2D eigenvalue weighted by Gasteiger charge is -2.29. The first-order valence-corrected chi connectivity index (χ1v) is 10.9. The predicted molar refractivity (Wildman–Crippen MR) is 123 cm³/mol. The zero-order chi connectivity index (χ0) is 21.4. The highest BCUT2D eigenvalue weighted by molar-refractivity contribution is 6.30. The van der Waals surface area contributed by atoms with E-state index in [0.717, 1.165) is 52.6 Å². The second kappa shape index (κ2) is 8.16.